The van der Waals surface area contributed by atoms with Gasteiger partial charge >= 0.3 is 0 Å². The highest BCUT2D eigenvalue weighted by molar-refractivity contribution is 6.30. The van der Waals surface area contributed by atoms with Gasteiger partial charge in [0.15, 0.2) is 0 Å². The minimum Gasteiger partial charge on any atom is -0.387 e. The second-order valence-corrected chi connectivity index (χ2v) is 5.25. The van der Waals surface area contributed by atoms with Gasteiger partial charge < -0.3 is 15.7 Å². The van der Waals surface area contributed by atoms with Crippen molar-refractivity contribution in [1.82, 2.24) is 10.6 Å². The lowest BCUT2D eigenvalue weighted by atomic mass is 10.0. The molecule has 1 aliphatic heterocycles. The van der Waals surface area contributed by atoms with Crippen LogP contribution in [0.4, 0.5) is 0 Å². The van der Waals surface area contributed by atoms with E-state index in [9.17, 15) is 9.90 Å². The van der Waals surface area contributed by atoms with Crippen molar-refractivity contribution in [1.29, 1.82) is 0 Å². The van der Waals surface area contributed by atoms with Crippen molar-refractivity contribution in [3.8, 4) is 0 Å². The number of carbonyl (C=O) groups excluding carboxylic acids is 1. The van der Waals surface area contributed by atoms with Crippen LogP contribution in [0.25, 0.3) is 0 Å². The molecule has 19 heavy (non-hydrogen) atoms. The highest BCUT2D eigenvalue weighted by atomic mass is 35.5. The van der Waals surface area contributed by atoms with E-state index in [4.69, 9.17) is 11.6 Å². The highest BCUT2D eigenvalue weighted by Crippen LogP contribution is 2.16. The number of halogens is 1. The van der Waals surface area contributed by atoms with E-state index in [1.807, 2.05) is 0 Å². The fraction of sp³-hybridized carbons (Fsp3) is 0.500. The van der Waals surface area contributed by atoms with Crippen LogP contribution in [0.3, 0.4) is 0 Å². The van der Waals surface area contributed by atoms with Gasteiger partial charge in [0.2, 0.25) is 5.91 Å². The third-order valence-corrected chi connectivity index (χ3v) is 3.60. The van der Waals surface area contributed by atoms with Crippen LogP contribution in [-0.4, -0.2) is 30.1 Å². The Balaban J connectivity index is 1.80. The molecule has 1 amide bonds. The third-order valence-electron chi connectivity index (χ3n) is 3.35. The van der Waals surface area contributed by atoms with Gasteiger partial charge in [-0.3, -0.25) is 4.79 Å². The number of hydrogen-bond donors (Lipinski definition) is 3. The lowest BCUT2D eigenvalue weighted by Crippen LogP contribution is -2.47. The van der Waals surface area contributed by atoms with Crippen LogP contribution in [0, 0.1) is 0 Å². The first-order chi connectivity index (χ1) is 9.16. The maximum Gasteiger partial charge on any atom is 0.237 e. The van der Waals surface area contributed by atoms with Crippen LogP contribution >= 0.6 is 11.6 Å². The first-order valence-corrected chi connectivity index (χ1v) is 6.99. The average Bonchev–Trinajstić information content (AvgIpc) is 2.46. The van der Waals surface area contributed by atoms with E-state index >= 15 is 0 Å². The van der Waals surface area contributed by atoms with Crippen LogP contribution < -0.4 is 10.6 Å². The lowest BCUT2D eigenvalue weighted by molar-refractivity contribution is -0.124. The first-order valence-electron chi connectivity index (χ1n) is 6.61. The van der Waals surface area contributed by atoms with Crippen LogP contribution in [0.15, 0.2) is 24.3 Å². The largest absolute Gasteiger partial charge is 0.387 e. The second kappa shape index (κ2) is 6.89. The topological polar surface area (TPSA) is 61.4 Å². The Labute approximate surface area is 118 Å². The monoisotopic (exact) mass is 282 g/mol. The summed E-state index contributed by atoms with van der Waals surface area (Å²) in [5, 5.41) is 16.6. The zero-order valence-corrected chi connectivity index (χ0v) is 11.5. The quantitative estimate of drug-likeness (QED) is 0.787. The number of carbonyl (C=O) groups is 1. The van der Waals surface area contributed by atoms with Gasteiger partial charge in [0.05, 0.1) is 12.1 Å². The SMILES string of the molecule is O=C(NCC(O)c1ccc(Cl)cc1)C1CCCCN1. The molecule has 0 radical (unpaired) electrons. The van der Waals surface area contributed by atoms with Gasteiger partial charge in [-0.2, -0.15) is 0 Å². The van der Waals surface area contributed by atoms with Crippen molar-refractivity contribution in [2.75, 3.05) is 13.1 Å². The molecule has 0 aromatic heterocycles. The standard InChI is InChI=1S/C14H19ClN2O2/c15-11-6-4-10(5-7-11)13(18)9-17-14(19)12-3-1-2-8-16-12/h4-7,12-13,16,18H,1-3,8-9H2,(H,17,19). The number of aliphatic hydroxyl groups is 1. The van der Waals surface area contributed by atoms with E-state index in [0.29, 0.717) is 5.02 Å². The van der Waals surface area contributed by atoms with Gasteiger partial charge in [-0.25, -0.2) is 0 Å². The van der Waals surface area contributed by atoms with Gasteiger partial charge in [-0.15, -0.1) is 0 Å². The minimum atomic E-state index is -0.704. The number of aliphatic hydroxyl groups excluding tert-OH is 1. The number of rotatable bonds is 4. The normalized spacial score (nSPS) is 20.8. The number of amides is 1. The molecule has 3 N–H and O–H groups in total. The molecule has 2 unspecified atom stereocenters. The zero-order valence-electron chi connectivity index (χ0n) is 10.7. The molecule has 1 aromatic carbocycles. The van der Waals surface area contributed by atoms with Crippen molar-refractivity contribution >= 4 is 17.5 Å². The molecule has 1 saturated heterocycles. The first kappa shape index (κ1) is 14.3. The maximum absolute atomic E-state index is 11.9. The molecule has 2 atom stereocenters. The number of piperidine rings is 1. The molecule has 104 valence electrons. The molecule has 1 aliphatic rings. The fourth-order valence-electron chi connectivity index (χ4n) is 2.20. The van der Waals surface area contributed by atoms with E-state index < -0.39 is 6.10 Å². The molecule has 0 spiro atoms. The predicted octanol–water partition coefficient (Wildman–Crippen LogP) is 1.63. The molecular weight excluding hydrogens is 264 g/mol. The molecule has 1 heterocycles. The Morgan fingerprint density at radius 3 is 2.79 bits per heavy atom. The Bertz CT molecular complexity index is 416. The summed E-state index contributed by atoms with van der Waals surface area (Å²) in [5.74, 6) is -0.0345. The molecule has 5 heteroatoms. The summed E-state index contributed by atoms with van der Waals surface area (Å²) in [6.45, 7) is 1.11. The van der Waals surface area contributed by atoms with Crippen LogP contribution in [0.1, 0.15) is 30.9 Å². The number of nitrogens with one attached hydrogen (secondary N) is 2. The Hall–Kier alpha value is -1.10. The van der Waals surface area contributed by atoms with Crippen molar-refractivity contribution in [3.05, 3.63) is 34.9 Å². The van der Waals surface area contributed by atoms with Crippen molar-refractivity contribution in [2.45, 2.75) is 31.4 Å². The summed E-state index contributed by atoms with van der Waals surface area (Å²) >= 11 is 5.79. The van der Waals surface area contributed by atoms with Crippen molar-refractivity contribution < 1.29 is 9.90 Å². The summed E-state index contributed by atoms with van der Waals surface area (Å²) in [7, 11) is 0. The van der Waals surface area contributed by atoms with Gasteiger partial charge in [0, 0.05) is 11.6 Å². The molecule has 0 saturated carbocycles. The fourth-order valence-corrected chi connectivity index (χ4v) is 2.32. The molecular formula is C14H19ClN2O2. The van der Waals surface area contributed by atoms with Crippen LogP contribution in [-0.2, 0) is 4.79 Å². The molecule has 1 fully saturated rings. The summed E-state index contributed by atoms with van der Waals surface area (Å²) in [6.07, 6.45) is 2.36. The molecule has 0 bridgehead atoms. The van der Waals surface area contributed by atoms with Crippen LogP contribution in [0.2, 0.25) is 5.02 Å². The third kappa shape index (κ3) is 4.20. The Morgan fingerprint density at radius 2 is 2.16 bits per heavy atom. The van der Waals surface area contributed by atoms with Gasteiger partial charge in [0.1, 0.15) is 0 Å². The number of hydrogen-bond acceptors (Lipinski definition) is 3. The zero-order chi connectivity index (χ0) is 13.7. The highest BCUT2D eigenvalue weighted by Gasteiger charge is 2.20. The molecule has 0 aliphatic carbocycles. The Morgan fingerprint density at radius 1 is 1.42 bits per heavy atom. The van der Waals surface area contributed by atoms with Gasteiger partial charge in [0.25, 0.3) is 0 Å². The molecule has 1 aromatic rings. The van der Waals surface area contributed by atoms with E-state index in [-0.39, 0.29) is 18.5 Å². The van der Waals surface area contributed by atoms with Gasteiger partial charge in [-0.1, -0.05) is 30.2 Å². The second-order valence-electron chi connectivity index (χ2n) is 4.81. The summed E-state index contributed by atoms with van der Waals surface area (Å²) in [6, 6.07) is 6.86. The maximum atomic E-state index is 11.9. The summed E-state index contributed by atoms with van der Waals surface area (Å²) < 4.78 is 0. The van der Waals surface area contributed by atoms with Gasteiger partial charge in [-0.05, 0) is 37.1 Å². The summed E-state index contributed by atoms with van der Waals surface area (Å²) in [4.78, 5) is 11.9. The van der Waals surface area contributed by atoms with E-state index in [1.54, 1.807) is 24.3 Å². The van der Waals surface area contributed by atoms with Crippen LogP contribution in [0.5, 0.6) is 0 Å². The molecule has 2 rings (SSSR count). The van der Waals surface area contributed by atoms with E-state index in [0.717, 1.165) is 31.4 Å². The number of benzene rings is 1. The van der Waals surface area contributed by atoms with Crippen molar-refractivity contribution in [2.24, 2.45) is 0 Å². The average molecular weight is 283 g/mol. The predicted molar refractivity (Wildman–Crippen MR) is 75.1 cm³/mol. The Kier molecular flexibility index (Phi) is 5.19. The molecule has 4 nitrogen and oxygen atoms in total. The summed E-state index contributed by atoms with van der Waals surface area (Å²) in [5.41, 5.74) is 0.751. The van der Waals surface area contributed by atoms with Crippen molar-refractivity contribution in [3.63, 3.8) is 0 Å². The smallest absolute Gasteiger partial charge is 0.237 e. The minimum absolute atomic E-state index is 0.0345. The van der Waals surface area contributed by atoms with E-state index in [1.165, 1.54) is 0 Å². The lowest BCUT2D eigenvalue weighted by Gasteiger charge is -2.23. The van der Waals surface area contributed by atoms with E-state index in [2.05, 4.69) is 10.6 Å².